The summed E-state index contributed by atoms with van der Waals surface area (Å²) < 4.78 is 5.94. The quantitative estimate of drug-likeness (QED) is 0.363. The van der Waals surface area contributed by atoms with Crippen LogP contribution >= 0.6 is 0 Å². The molecule has 0 spiro atoms. The predicted molar refractivity (Wildman–Crippen MR) is 105 cm³/mol. The monoisotopic (exact) mass is 372 g/mol. The van der Waals surface area contributed by atoms with E-state index in [1.165, 1.54) is 6.07 Å². The summed E-state index contributed by atoms with van der Waals surface area (Å²) in [7, 11) is 0. The molecule has 0 aliphatic heterocycles. The largest absolute Gasteiger partial charge is 0.431 e. The molecular formula is C21H16N4O3. The van der Waals surface area contributed by atoms with Crippen molar-refractivity contribution in [2.24, 2.45) is 0 Å². The first-order chi connectivity index (χ1) is 13.7. The molecule has 0 atom stereocenters. The van der Waals surface area contributed by atoms with Crippen LogP contribution in [0.25, 0.3) is 22.3 Å². The molecule has 0 aliphatic rings. The fourth-order valence-electron chi connectivity index (χ4n) is 2.87. The zero-order valence-electron chi connectivity index (χ0n) is 15.1. The molecule has 0 bridgehead atoms. The highest BCUT2D eigenvalue weighted by atomic mass is 16.6. The Kier molecular flexibility index (Phi) is 4.63. The normalized spacial score (nSPS) is 10.8. The minimum absolute atomic E-state index is 0.0903. The number of hydrogen-bond acceptors (Lipinski definition) is 6. The first-order valence-corrected chi connectivity index (χ1v) is 8.78. The summed E-state index contributed by atoms with van der Waals surface area (Å²) in [6.07, 6.45) is 4.01. The molecule has 4 rings (SSSR count). The SMILES string of the molecule is CCc1ccc(Oc2nc(-c3ccncc3)nc3ccccc23)c([N+](=O)[O-])c1. The molecule has 28 heavy (non-hydrogen) atoms. The van der Waals surface area contributed by atoms with Crippen LogP contribution in [-0.4, -0.2) is 19.9 Å². The van der Waals surface area contributed by atoms with Gasteiger partial charge in [-0.25, -0.2) is 4.98 Å². The summed E-state index contributed by atoms with van der Waals surface area (Å²) in [5.74, 6) is 0.875. The Morgan fingerprint density at radius 3 is 2.57 bits per heavy atom. The van der Waals surface area contributed by atoms with Crippen LogP contribution in [0.1, 0.15) is 12.5 Å². The van der Waals surface area contributed by atoms with Crippen LogP contribution in [-0.2, 0) is 6.42 Å². The van der Waals surface area contributed by atoms with Crippen LogP contribution < -0.4 is 4.74 Å². The van der Waals surface area contributed by atoms with E-state index in [1.807, 2.05) is 37.3 Å². The standard InChI is InChI=1S/C21H16N4O3/c1-2-14-7-8-19(18(13-14)25(26)27)28-21-16-5-3-4-6-17(16)23-20(24-21)15-9-11-22-12-10-15/h3-13H,2H2,1H3. The highest BCUT2D eigenvalue weighted by molar-refractivity contribution is 5.85. The number of aryl methyl sites for hydroxylation is 1. The van der Waals surface area contributed by atoms with Gasteiger partial charge in [0.15, 0.2) is 5.82 Å². The van der Waals surface area contributed by atoms with Gasteiger partial charge in [0.1, 0.15) is 0 Å². The molecule has 0 unspecified atom stereocenters. The van der Waals surface area contributed by atoms with Gasteiger partial charge in [0.05, 0.1) is 15.8 Å². The Hall–Kier alpha value is -3.87. The van der Waals surface area contributed by atoms with Gasteiger partial charge >= 0.3 is 5.69 Å². The summed E-state index contributed by atoms with van der Waals surface area (Å²) in [4.78, 5) is 24.2. The average Bonchev–Trinajstić information content (AvgIpc) is 2.74. The van der Waals surface area contributed by atoms with E-state index in [2.05, 4.69) is 15.0 Å². The second-order valence-corrected chi connectivity index (χ2v) is 6.12. The smallest absolute Gasteiger partial charge is 0.311 e. The van der Waals surface area contributed by atoms with Crippen LogP contribution in [0, 0.1) is 10.1 Å². The third-order valence-electron chi connectivity index (χ3n) is 4.34. The lowest BCUT2D eigenvalue weighted by molar-refractivity contribution is -0.385. The zero-order valence-corrected chi connectivity index (χ0v) is 15.1. The molecule has 0 saturated heterocycles. The lowest BCUT2D eigenvalue weighted by Gasteiger charge is -2.11. The maximum Gasteiger partial charge on any atom is 0.311 e. The fraction of sp³-hybridized carbons (Fsp3) is 0.0952. The van der Waals surface area contributed by atoms with Crippen LogP contribution in [0.3, 0.4) is 0 Å². The number of benzene rings is 2. The molecule has 0 radical (unpaired) electrons. The van der Waals surface area contributed by atoms with E-state index in [9.17, 15) is 10.1 Å². The van der Waals surface area contributed by atoms with Gasteiger partial charge in [-0.2, -0.15) is 4.98 Å². The number of hydrogen-bond donors (Lipinski definition) is 0. The number of nitrogens with zero attached hydrogens (tertiary/aromatic N) is 4. The molecule has 4 aromatic rings. The molecule has 0 saturated carbocycles. The summed E-state index contributed by atoms with van der Waals surface area (Å²) in [6.45, 7) is 1.94. The first-order valence-electron chi connectivity index (χ1n) is 8.78. The minimum atomic E-state index is -0.443. The van der Waals surface area contributed by atoms with Crippen LogP contribution in [0.4, 0.5) is 5.69 Å². The van der Waals surface area contributed by atoms with Gasteiger partial charge < -0.3 is 4.74 Å². The van der Waals surface area contributed by atoms with Crippen molar-refractivity contribution in [2.75, 3.05) is 0 Å². The molecule has 0 N–H and O–H groups in total. The van der Waals surface area contributed by atoms with E-state index in [0.717, 1.165) is 11.1 Å². The number of rotatable bonds is 5. The Balaban J connectivity index is 1.86. The number of para-hydroxylation sites is 1. The second-order valence-electron chi connectivity index (χ2n) is 6.12. The number of pyridine rings is 1. The van der Waals surface area contributed by atoms with Crippen molar-refractivity contribution < 1.29 is 9.66 Å². The first kappa shape index (κ1) is 17.5. The number of ether oxygens (including phenoxy) is 1. The number of aromatic nitrogens is 3. The van der Waals surface area contributed by atoms with Gasteiger partial charge in [0.25, 0.3) is 0 Å². The van der Waals surface area contributed by atoms with E-state index in [4.69, 9.17) is 4.74 Å². The highest BCUT2D eigenvalue weighted by Gasteiger charge is 2.19. The molecule has 2 aromatic heterocycles. The van der Waals surface area contributed by atoms with Crippen molar-refractivity contribution in [2.45, 2.75) is 13.3 Å². The van der Waals surface area contributed by atoms with Crippen molar-refractivity contribution in [3.63, 3.8) is 0 Å². The molecule has 138 valence electrons. The molecular weight excluding hydrogens is 356 g/mol. The molecule has 7 heteroatoms. The second kappa shape index (κ2) is 7.40. The van der Waals surface area contributed by atoms with Gasteiger partial charge in [-0.05, 0) is 42.3 Å². The Morgan fingerprint density at radius 2 is 1.82 bits per heavy atom. The molecule has 7 nitrogen and oxygen atoms in total. The van der Waals surface area contributed by atoms with E-state index in [-0.39, 0.29) is 17.3 Å². The zero-order chi connectivity index (χ0) is 19.5. The van der Waals surface area contributed by atoms with Gasteiger partial charge in [0.2, 0.25) is 11.6 Å². The maximum absolute atomic E-state index is 11.5. The molecule has 0 amide bonds. The van der Waals surface area contributed by atoms with Gasteiger partial charge in [-0.3, -0.25) is 15.1 Å². The minimum Gasteiger partial charge on any atom is -0.431 e. The van der Waals surface area contributed by atoms with Gasteiger partial charge in [-0.15, -0.1) is 0 Å². The van der Waals surface area contributed by atoms with E-state index in [0.29, 0.717) is 23.1 Å². The fourth-order valence-corrected chi connectivity index (χ4v) is 2.87. The highest BCUT2D eigenvalue weighted by Crippen LogP contribution is 2.35. The lowest BCUT2D eigenvalue weighted by atomic mass is 10.1. The van der Waals surface area contributed by atoms with Gasteiger partial charge in [0, 0.05) is 24.0 Å². The van der Waals surface area contributed by atoms with E-state index >= 15 is 0 Å². The van der Waals surface area contributed by atoms with Crippen molar-refractivity contribution in [3.05, 3.63) is 82.7 Å². The number of fused-ring (bicyclic) bond motifs is 1. The predicted octanol–water partition coefficient (Wildman–Crippen LogP) is 4.95. The van der Waals surface area contributed by atoms with E-state index < -0.39 is 4.92 Å². The topological polar surface area (TPSA) is 91.0 Å². The number of nitro benzene ring substituents is 1. The Labute approximate surface area is 160 Å². The summed E-state index contributed by atoms with van der Waals surface area (Å²) in [5, 5.41) is 12.2. The van der Waals surface area contributed by atoms with Crippen molar-refractivity contribution in [1.29, 1.82) is 0 Å². The summed E-state index contributed by atoms with van der Waals surface area (Å²) in [5.41, 5.74) is 2.24. The van der Waals surface area contributed by atoms with Crippen molar-refractivity contribution >= 4 is 16.6 Å². The van der Waals surface area contributed by atoms with Crippen molar-refractivity contribution in [3.8, 4) is 23.0 Å². The summed E-state index contributed by atoms with van der Waals surface area (Å²) in [6, 6.07) is 15.9. The molecule has 2 aromatic carbocycles. The Morgan fingerprint density at radius 1 is 1.04 bits per heavy atom. The lowest BCUT2D eigenvalue weighted by Crippen LogP contribution is -1.99. The third-order valence-corrected chi connectivity index (χ3v) is 4.34. The third kappa shape index (κ3) is 3.37. The van der Waals surface area contributed by atoms with Gasteiger partial charge in [-0.1, -0.05) is 25.1 Å². The van der Waals surface area contributed by atoms with Crippen molar-refractivity contribution in [1.82, 2.24) is 15.0 Å². The molecule has 0 aliphatic carbocycles. The average molecular weight is 372 g/mol. The maximum atomic E-state index is 11.5. The Bertz CT molecular complexity index is 1160. The van der Waals surface area contributed by atoms with Crippen LogP contribution in [0.2, 0.25) is 0 Å². The van der Waals surface area contributed by atoms with Crippen LogP contribution in [0.15, 0.2) is 67.0 Å². The van der Waals surface area contributed by atoms with E-state index in [1.54, 1.807) is 30.6 Å². The summed E-state index contributed by atoms with van der Waals surface area (Å²) >= 11 is 0. The number of nitro groups is 1. The molecule has 0 fully saturated rings. The van der Waals surface area contributed by atoms with Crippen LogP contribution in [0.5, 0.6) is 11.6 Å². The molecule has 2 heterocycles.